The van der Waals surface area contributed by atoms with Gasteiger partial charge in [0.1, 0.15) is 10.7 Å². The van der Waals surface area contributed by atoms with E-state index in [0.717, 1.165) is 6.07 Å². The van der Waals surface area contributed by atoms with Crippen LogP contribution in [0, 0.1) is 24.6 Å². The summed E-state index contributed by atoms with van der Waals surface area (Å²) in [5, 5.41) is 0.329. The lowest BCUT2D eigenvalue weighted by molar-refractivity contribution is 0.543. The van der Waals surface area contributed by atoms with E-state index in [1.54, 1.807) is 13.0 Å². The molecule has 2 heterocycles. The van der Waals surface area contributed by atoms with Crippen molar-refractivity contribution in [3.8, 4) is 11.1 Å². The third-order valence-electron chi connectivity index (χ3n) is 5.04. The van der Waals surface area contributed by atoms with Gasteiger partial charge in [-0.2, -0.15) is 4.39 Å². The van der Waals surface area contributed by atoms with Crippen LogP contribution in [-0.2, 0) is 16.4 Å². The van der Waals surface area contributed by atoms with Crippen LogP contribution in [-0.4, -0.2) is 23.4 Å². The lowest BCUT2D eigenvalue weighted by atomic mass is 9.97. The topological polar surface area (TPSA) is 84.8 Å². The molecule has 0 aliphatic carbocycles. The molecule has 4 rings (SSSR count). The van der Waals surface area contributed by atoms with Crippen molar-refractivity contribution >= 4 is 38.3 Å². The predicted octanol–water partition coefficient (Wildman–Crippen LogP) is 5.43. The number of benzene rings is 2. The van der Waals surface area contributed by atoms with Gasteiger partial charge in [-0.25, -0.2) is 32.2 Å². The third kappa shape index (κ3) is 4.23. The van der Waals surface area contributed by atoms with E-state index in [2.05, 4.69) is 19.7 Å². The predicted molar refractivity (Wildman–Crippen MR) is 119 cm³/mol. The molecule has 1 N–H and O–H groups in total. The summed E-state index contributed by atoms with van der Waals surface area (Å²) in [5.41, 5.74) is 0.552. The van der Waals surface area contributed by atoms with Crippen molar-refractivity contribution in [3.63, 3.8) is 0 Å². The molecule has 0 aliphatic rings. The van der Waals surface area contributed by atoms with Crippen molar-refractivity contribution in [1.29, 1.82) is 0 Å². The van der Waals surface area contributed by atoms with Crippen molar-refractivity contribution in [2.24, 2.45) is 0 Å². The number of halogens is 4. The molecule has 33 heavy (non-hydrogen) atoms. The molecule has 0 amide bonds. The lowest BCUT2D eigenvalue weighted by Crippen LogP contribution is -2.16. The van der Waals surface area contributed by atoms with Crippen molar-refractivity contribution in [2.75, 3.05) is 4.72 Å². The second-order valence-electron chi connectivity index (χ2n) is 7.13. The number of rotatable bonds is 5. The van der Waals surface area contributed by atoms with E-state index in [-0.39, 0.29) is 44.2 Å². The number of sulfonamides is 1. The van der Waals surface area contributed by atoms with Crippen molar-refractivity contribution in [1.82, 2.24) is 15.0 Å². The van der Waals surface area contributed by atoms with E-state index >= 15 is 4.39 Å². The van der Waals surface area contributed by atoms with Gasteiger partial charge in [0.15, 0.2) is 11.6 Å². The Labute approximate surface area is 192 Å². The van der Waals surface area contributed by atoms with Crippen LogP contribution < -0.4 is 4.72 Å². The van der Waals surface area contributed by atoms with E-state index in [0.29, 0.717) is 5.39 Å². The normalized spacial score (nSPS) is 11.7. The average molecular weight is 493 g/mol. The third-order valence-corrected chi connectivity index (χ3v) is 6.88. The Morgan fingerprint density at radius 2 is 1.79 bits per heavy atom. The number of hydrogen-bond acceptors (Lipinski definition) is 5. The number of anilines is 1. The molecular formula is C22H16ClF3N4O2S. The first kappa shape index (κ1) is 22.9. The van der Waals surface area contributed by atoms with Gasteiger partial charge in [-0.05, 0) is 37.6 Å². The summed E-state index contributed by atoms with van der Waals surface area (Å²) in [6.07, 6.45) is 0.436. The molecular weight excluding hydrogens is 477 g/mol. The number of aryl methyl sites for hydroxylation is 2. The highest BCUT2D eigenvalue weighted by molar-refractivity contribution is 7.92. The zero-order valence-corrected chi connectivity index (χ0v) is 18.9. The quantitative estimate of drug-likeness (QED) is 0.375. The fourth-order valence-corrected chi connectivity index (χ4v) is 5.02. The Morgan fingerprint density at radius 1 is 1.06 bits per heavy atom. The van der Waals surface area contributed by atoms with Crippen molar-refractivity contribution in [3.05, 3.63) is 76.6 Å². The maximum absolute atomic E-state index is 15.3. The number of nitrogens with zero attached hydrogens (tertiary/aromatic N) is 3. The molecule has 0 bridgehead atoms. The summed E-state index contributed by atoms with van der Waals surface area (Å²) < 4.78 is 71.1. The average Bonchev–Trinajstić information content (AvgIpc) is 2.76. The standard InChI is InChI=1S/C22H16ClF3N4O2S/c1-3-13-19(25)15(8-12-10-27-22(26)29-20(12)13)14-9-17(24)21(28-11(14)2)30-33(31,32)18-7-5-4-6-16(18)23/h4-10H,3H2,1-2H3,(H,28,30). The fourth-order valence-electron chi connectivity index (χ4n) is 3.49. The van der Waals surface area contributed by atoms with Crippen LogP contribution in [0.5, 0.6) is 0 Å². The van der Waals surface area contributed by atoms with Crippen molar-refractivity contribution in [2.45, 2.75) is 25.2 Å². The van der Waals surface area contributed by atoms with Gasteiger partial charge in [-0.15, -0.1) is 0 Å². The summed E-state index contributed by atoms with van der Waals surface area (Å²) in [4.78, 5) is 11.0. The highest BCUT2D eigenvalue weighted by atomic mass is 35.5. The van der Waals surface area contributed by atoms with Crippen LogP contribution >= 0.6 is 11.6 Å². The molecule has 0 aliphatic heterocycles. The van der Waals surface area contributed by atoms with Crippen LogP contribution in [0.1, 0.15) is 18.2 Å². The SMILES string of the molecule is CCc1c(F)c(-c2cc(F)c(NS(=O)(=O)c3ccccc3Cl)nc2C)cc2cnc(F)nc12. The van der Waals surface area contributed by atoms with Gasteiger partial charge in [0.25, 0.3) is 10.0 Å². The van der Waals surface area contributed by atoms with Crippen LogP contribution in [0.3, 0.4) is 0 Å². The van der Waals surface area contributed by atoms with E-state index in [1.165, 1.54) is 37.4 Å². The molecule has 2 aromatic heterocycles. The Balaban J connectivity index is 1.82. The summed E-state index contributed by atoms with van der Waals surface area (Å²) >= 11 is 5.95. The zero-order valence-electron chi connectivity index (χ0n) is 17.3. The van der Waals surface area contributed by atoms with Crippen LogP contribution in [0.2, 0.25) is 5.02 Å². The summed E-state index contributed by atoms with van der Waals surface area (Å²) in [6, 6.07) is 8.05. The summed E-state index contributed by atoms with van der Waals surface area (Å²) in [6.45, 7) is 3.17. The largest absolute Gasteiger partial charge is 0.309 e. The highest BCUT2D eigenvalue weighted by Crippen LogP contribution is 2.34. The van der Waals surface area contributed by atoms with E-state index in [4.69, 9.17) is 11.6 Å². The molecule has 0 saturated heterocycles. The van der Waals surface area contributed by atoms with Crippen LogP contribution in [0.4, 0.5) is 19.0 Å². The monoisotopic (exact) mass is 492 g/mol. The Kier molecular flexibility index (Phi) is 5.98. The Bertz CT molecular complexity index is 1510. The van der Waals surface area contributed by atoms with E-state index < -0.39 is 33.6 Å². The first-order valence-electron chi connectivity index (χ1n) is 9.71. The van der Waals surface area contributed by atoms with Gasteiger partial charge >= 0.3 is 6.08 Å². The molecule has 0 unspecified atom stereocenters. The van der Waals surface area contributed by atoms with Crippen molar-refractivity contribution < 1.29 is 21.6 Å². The fraction of sp³-hybridized carbons (Fsp3) is 0.136. The first-order chi connectivity index (χ1) is 15.6. The Morgan fingerprint density at radius 3 is 2.48 bits per heavy atom. The van der Waals surface area contributed by atoms with Gasteiger partial charge < -0.3 is 0 Å². The van der Waals surface area contributed by atoms with Crippen LogP contribution in [0.25, 0.3) is 22.0 Å². The number of pyridine rings is 1. The molecule has 170 valence electrons. The number of hydrogen-bond donors (Lipinski definition) is 1. The van der Waals surface area contributed by atoms with Gasteiger partial charge in [0.2, 0.25) is 0 Å². The minimum absolute atomic E-state index is 0.0129. The summed E-state index contributed by atoms with van der Waals surface area (Å²) in [7, 11) is -4.22. The molecule has 0 radical (unpaired) electrons. The van der Waals surface area contributed by atoms with Gasteiger partial charge in [0.05, 0.1) is 10.5 Å². The van der Waals surface area contributed by atoms with E-state index in [1.807, 2.05) is 0 Å². The Hall–Kier alpha value is -3.24. The smallest absolute Gasteiger partial charge is 0.261 e. The molecule has 11 heteroatoms. The maximum Gasteiger partial charge on any atom is 0.309 e. The minimum atomic E-state index is -4.22. The number of nitrogens with one attached hydrogen (secondary N) is 1. The highest BCUT2D eigenvalue weighted by Gasteiger charge is 2.23. The molecule has 6 nitrogen and oxygen atoms in total. The molecule has 2 aromatic carbocycles. The molecule has 0 fully saturated rings. The first-order valence-corrected chi connectivity index (χ1v) is 11.6. The minimum Gasteiger partial charge on any atom is -0.261 e. The van der Waals surface area contributed by atoms with Gasteiger partial charge in [0, 0.05) is 34.0 Å². The summed E-state index contributed by atoms with van der Waals surface area (Å²) in [5.74, 6) is -2.27. The van der Waals surface area contributed by atoms with Crippen LogP contribution in [0.15, 0.2) is 47.5 Å². The van der Waals surface area contributed by atoms with Gasteiger partial charge in [-0.3, -0.25) is 4.72 Å². The lowest BCUT2D eigenvalue weighted by Gasteiger charge is -2.15. The molecule has 4 aromatic rings. The molecule has 0 atom stereocenters. The second kappa shape index (κ2) is 8.60. The maximum atomic E-state index is 15.3. The molecule has 0 spiro atoms. The molecule has 0 saturated carbocycles. The van der Waals surface area contributed by atoms with E-state index in [9.17, 15) is 17.2 Å². The zero-order chi connectivity index (χ0) is 23.9. The van der Waals surface area contributed by atoms with Gasteiger partial charge in [-0.1, -0.05) is 30.7 Å². The number of fused-ring (bicyclic) bond motifs is 1. The second-order valence-corrected chi connectivity index (χ2v) is 9.19. The number of aromatic nitrogens is 3.